The molecular formula is C11H19NO2Si. The Balaban J connectivity index is 2.53. The minimum absolute atomic E-state index is 0.728. The minimum Gasteiger partial charge on any atom is -0.399 e. The summed E-state index contributed by atoms with van der Waals surface area (Å²) in [6.07, 6.45) is 0. The highest BCUT2D eigenvalue weighted by molar-refractivity contribution is 6.43. The summed E-state index contributed by atoms with van der Waals surface area (Å²) in [6, 6.07) is 8.81. The van der Waals surface area contributed by atoms with Gasteiger partial charge in [0.25, 0.3) is 0 Å². The fraction of sp³-hybridized carbons (Fsp3) is 0.455. The number of nitrogen functional groups attached to an aromatic ring is 1. The van der Waals surface area contributed by atoms with E-state index in [1.165, 1.54) is 5.56 Å². The highest BCUT2D eigenvalue weighted by atomic mass is 28.3. The Morgan fingerprint density at radius 1 is 1.07 bits per heavy atom. The quantitative estimate of drug-likeness (QED) is 0.591. The zero-order chi connectivity index (χ0) is 11.1. The van der Waals surface area contributed by atoms with Gasteiger partial charge in [-0.15, -0.1) is 0 Å². The molecule has 84 valence electrons. The number of rotatable bonds is 6. The summed E-state index contributed by atoms with van der Waals surface area (Å²) in [7, 11) is -1.52. The van der Waals surface area contributed by atoms with Crippen LogP contribution in [0.4, 0.5) is 5.69 Å². The Morgan fingerprint density at radius 3 is 2.07 bits per heavy atom. The average molecular weight is 225 g/mol. The SMILES string of the molecule is CCO[SiH](Cc1ccc(N)cc1)OCC. The standard InChI is InChI=1S/C11H19NO2Si/c1-3-13-15(14-4-2)9-10-5-7-11(12)8-6-10/h5-8,15H,3-4,9,12H2,1-2H3. The molecule has 1 rings (SSSR count). The Kier molecular flexibility index (Phi) is 5.38. The van der Waals surface area contributed by atoms with E-state index in [9.17, 15) is 0 Å². The van der Waals surface area contributed by atoms with Gasteiger partial charge in [0.05, 0.1) is 0 Å². The molecule has 2 N–H and O–H groups in total. The van der Waals surface area contributed by atoms with Gasteiger partial charge >= 0.3 is 9.28 Å². The van der Waals surface area contributed by atoms with Crippen molar-refractivity contribution in [1.82, 2.24) is 0 Å². The van der Waals surface area contributed by atoms with E-state index in [2.05, 4.69) is 0 Å². The first kappa shape index (κ1) is 12.2. The first-order valence-corrected chi connectivity index (χ1v) is 7.09. The van der Waals surface area contributed by atoms with Crippen molar-refractivity contribution in [1.29, 1.82) is 0 Å². The topological polar surface area (TPSA) is 44.5 Å². The predicted octanol–water partition coefficient (Wildman–Crippen LogP) is 1.64. The zero-order valence-electron chi connectivity index (χ0n) is 9.40. The lowest BCUT2D eigenvalue weighted by Crippen LogP contribution is -2.26. The molecule has 0 amide bonds. The molecule has 0 aliphatic carbocycles. The first-order chi connectivity index (χ1) is 7.26. The zero-order valence-corrected chi connectivity index (χ0v) is 10.6. The van der Waals surface area contributed by atoms with Crippen LogP contribution in [0, 0.1) is 0 Å². The highest BCUT2D eigenvalue weighted by Gasteiger charge is 2.12. The summed E-state index contributed by atoms with van der Waals surface area (Å²) in [5.74, 6) is 0. The molecule has 0 saturated carbocycles. The van der Waals surface area contributed by atoms with Gasteiger partial charge in [-0.3, -0.25) is 0 Å². The Labute approximate surface area is 93.0 Å². The molecule has 0 aliphatic heterocycles. The lowest BCUT2D eigenvalue weighted by atomic mass is 10.2. The molecule has 4 heteroatoms. The third-order valence-corrected chi connectivity index (χ3v) is 4.30. The molecule has 0 spiro atoms. The summed E-state index contributed by atoms with van der Waals surface area (Å²) in [5, 5.41) is 0. The van der Waals surface area contributed by atoms with Crippen LogP contribution >= 0.6 is 0 Å². The van der Waals surface area contributed by atoms with Crippen LogP contribution in [0.25, 0.3) is 0 Å². The Hall–Kier alpha value is -0.843. The maximum Gasteiger partial charge on any atom is 0.325 e. The van der Waals surface area contributed by atoms with Crippen molar-refractivity contribution in [2.24, 2.45) is 0 Å². The minimum atomic E-state index is -1.52. The molecule has 3 nitrogen and oxygen atoms in total. The molecule has 1 aromatic rings. The van der Waals surface area contributed by atoms with Crippen LogP contribution in [0.5, 0.6) is 0 Å². The van der Waals surface area contributed by atoms with E-state index in [1.807, 2.05) is 38.1 Å². The van der Waals surface area contributed by atoms with E-state index in [4.69, 9.17) is 14.6 Å². The molecule has 0 heterocycles. The van der Waals surface area contributed by atoms with Crippen molar-refractivity contribution < 1.29 is 8.85 Å². The second-order valence-corrected chi connectivity index (χ2v) is 5.22. The lowest BCUT2D eigenvalue weighted by Gasteiger charge is -2.14. The van der Waals surface area contributed by atoms with Crippen molar-refractivity contribution in [3.05, 3.63) is 29.8 Å². The number of anilines is 1. The molecule has 1 aromatic carbocycles. The first-order valence-electron chi connectivity index (χ1n) is 5.33. The number of benzene rings is 1. The van der Waals surface area contributed by atoms with Crippen LogP contribution in [0.1, 0.15) is 19.4 Å². The molecular weight excluding hydrogens is 206 g/mol. The van der Waals surface area contributed by atoms with Crippen LogP contribution in [-0.2, 0) is 14.9 Å². The van der Waals surface area contributed by atoms with Crippen LogP contribution in [0.15, 0.2) is 24.3 Å². The molecule has 0 bridgehead atoms. The predicted molar refractivity (Wildman–Crippen MR) is 65.0 cm³/mol. The number of nitrogens with two attached hydrogens (primary N) is 1. The van der Waals surface area contributed by atoms with Gasteiger partial charge in [-0.2, -0.15) is 0 Å². The number of hydrogen-bond acceptors (Lipinski definition) is 3. The Morgan fingerprint density at radius 2 is 1.60 bits per heavy atom. The van der Waals surface area contributed by atoms with Crippen LogP contribution in [0.2, 0.25) is 0 Å². The van der Waals surface area contributed by atoms with Crippen LogP contribution < -0.4 is 5.73 Å². The van der Waals surface area contributed by atoms with Crippen molar-refractivity contribution >= 4 is 15.0 Å². The summed E-state index contributed by atoms with van der Waals surface area (Å²) < 4.78 is 11.2. The van der Waals surface area contributed by atoms with Crippen LogP contribution in [0.3, 0.4) is 0 Å². The molecule has 0 atom stereocenters. The second-order valence-electron chi connectivity index (χ2n) is 3.29. The summed E-state index contributed by atoms with van der Waals surface area (Å²) >= 11 is 0. The monoisotopic (exact) mass is 225 g/mol. The lowest BCUT2D eigenvalue weighted by molar-refractivity contribution is 0.213. The van der Waals surface area contributed by atoms with Crippen molar-refractivity contribution in [2.45, 2.75) is 19.9 Å². The second kappa shape index (κ2) is 6.61. The van der Waals surface area contributed by atoms with Gasteiger partial charge in [-0.1, -0.05) is 12.1 Å². The van der Waals surface area contributed by atoms with Crippen LogP contribution in [-0.4, -0.2) is 22.5 Å². The third kappa shape index (κ3) is 4.46. The maximum atomic E-state index is 5.62. The highest BCUT2D eigenvalue weighted by Crippen LogP contribution is 2.08. The molecule has 0 aromatic heterocycles. The Bertz CT molecular complexity index is 270. The van der Waals surface area contributed by atoms with E-state index in [0.29, 0.717) is 0 Å². The van der Waals surface area contributed by atoms with Gasteiger partial charge in [-0.25, -0.2) is 0 Å². The van der Waals surface area contributed by atoms with E-state index in [0.717, 1.165) is 24.9 Å². The summed E-state index contributed by atoms with van der Waals surface area (Å²) in [5.41, 5.74) is 7.66. The van der Waals surface area contributed by atoms with Gasteiger partial charge in [-0.05, 0) is 31.5 Å². The molecule has 0 radical (unpaired) electrons. The van der Waals surface area contributed by atoms with Gasteiger partial charge < -0.3 is 14.6 Å². The fourth-order valence-electron chi connectivity index (χ4n) is 1.38. The van der Waals surface area contributed by atoms with E-state index >= 15 is 0 Å². The molecule has 0 fully saturated rings. The smallest absolute Gasteiger partial charge is 0.325 e. The fourth-order valence-corrected chi connectivity index (χ4v) is 3.12. The largest absolute Gasteiger partial charge is 0.399 e. The van der Waals surface area contributed by atoms with E-state index < -0.39 is 9.28 Å². The van der Waals surface area contributed by atoms with Gasteiger partial charge in [0.1, 0.15) is 0 Å². The third-order valence-electron chi connectivity index (χ3n) is 2.09. The van der Waals surface area contributed by atoms with Gasteiger partial charge in [0.15, 0.2) is 0 Å². The van der Waals surface area contributed by atoms with Crippen molar-refractivity contribution in [2.75, 3.05) is 18.9 Å². The summed E-state index contributed by atoms with van der Waals surface area (Å²) in [6.45, 7) is 5.46. The molecule has 0 aliphatic rings. The van der Waals surface area contributed by atoms with Crippen molar-refractivity contribution in [3.63, 3.8) is 0 Å². The molecule has 15 heavy (non-hydrogen) atoms. The maximum absolute atomic E-state index is 5.62. The molecule has 0 unspecified atom stereocenters. The average Bonchev–Trinajstić information content (AvgIpc) is 2.22. The van der Waals surface area contributed by atoms with Gasteiger partial charge in [0.2, 0.25) is 0 Å². The van der Waals surface area contributed by atoms with Crippen molar-refractivity contribution in [3.8, 4) is 0 Å². The molecule has 0 saturated heterocycles. The van der Waals surface area contributed by atoms with E-state index in [1.54, 1.807) is 0 Å². The van der Waals surface area contributed by atoms with E-state index in [-0.39, 0.29) is 0 Å². The summed E-state index contributed by atoms with van der Waals surface area (Å²) in [4.78, 5) is 0. The van der Waals surface area contributed by atoms with Gasteiger partial charge in [0, 0.05) is 24.9 Å². The number of hydrogen-bond donors (Lipinski definition) is 1. The normalized spacial score (nSPS) is 10.9.